The number of hydrogen-bond donors (Lipinski definition) is 2. The van der Waals surface area contributed by atoms with E-state index in [9.17, 15) is 14.9 Å². The van der Waals surface area contributed by atoms with Crippen molar-refractivity contribution in [1.29, 1.82) is 10.5 Å². The number of pyridine rings is 1. The first-order valence-corrected chi connectivity index (χ1v) is 11.8. The molecule has 8 nitrogen and oxygen atoms in total. The lowest BCUT2D eigenvalue weighted by atomic mass is 9.96. The normalized spacial score (nSPS) is 10.6. The van der Waals surface area contributed by atoms with Crippen molar-refractivity contribution in [3.8, 4) is 40.5 Å². The van der Waals surface area contributed by atoms with Crippen LogP contribution in [0, 0.1) is 28.5 Å². The van der Waals surface area contributed by atoms with Crippen LogP contribution in [0.3, 0.4) is 0 Å². The van der Waals surface area contributed by atoms with Crippen LogP contribution in [-0.2, 0) is 5.75 Å². The predicted octanol–water partition coefficient (Wildman–Crippen LogP) is 5.19. The summed E-state index contributed by atoms with van der Waals surface area (Å²) in [5, 5.41) is 29.4. The van der Waals surface area contributed by atoms with Gasteiger partial charge in [-0.2, -0.15) is 10.5 Å². The molecule has 2 heterocycles. The van der Waals surface area contributed by atoms with Crippen molar-refractivity contribution in [2.24, 2.45) is 0 Å². The van der Waals surface area contributed by atoms with Crippen molar-refractivity contribution < 1.29 is 18.7 Å². The number of nitrogens with zero attached hydrogens (tertiary/aromatic N) is 4. The van der Waals surface area contributed by atoms with Crippen molar-refractivity contribution >= 4 is 29.2 Å². The maximum Gasteiger partial charge on any atom is 0.226 e. The molecule has 0 aliphatic carbocycles. The smallest absolute Gasteiger partial charge is 0.226 e. The number of ether oxygens (including phenoxy) is 1. The van der Waals surface area contributed by atoms with Crippen LogP contribution < -0.4 is 10.5 Å². The minimum Gasteiger partial charge on any atom is -0.488 e. The Hall–Kier alpha value is -4.09. The molecular weight excluding hydrogens is 505 g/mol. The molecule has 2 aromatic carbocycles. The summed E-state index contributed by atoms with van der Waals surface area (Å²) in [6.07, 6.45) is 1.50. The molecule has 180 valence electrons. The summed E-state index contributed by atoms with van der Waals surface area (Å²) in [4.78, 5) is 8.70. The second-order valence-corrected chi connectivity index (χ2v) is 8.71. The Morgan fingerprint density at radius 2 is 1.81 bits per heavy atom. The first-order chi connectivity index (χ1) is 17.4. The quantitative estimate of drug-likeness (QED) is 0.299. The van der Waals surface area contributed by atoms with Gasteiger partial charge in [0.15, 0.2) is 11.6 Å². The number of aromatic nitrogens is 2. The van der Waals surface area contributed by atoms with Crippen LogP contribution in [0.1, 0.15) is 16.8 Å². The van der Waals surface area contributed by atoms with Crippen molar-refractivity contribution in [3.63, 3.8) is 0 Å². The topological polar surface area (TPSA) is 142 Å². The molecule has 0 saturated carbocycles. The summed E-state index contributed by atoms with van der Waals surface area (Å²) in [7, 11) is 0. The van der Waals surface area contributed by atoms with Crippen LogP contribution in [0.2, 0.25) is 5.02 Å². The molecule has 11 heteroatoms. The van der Waals surface area contributed by atoms with Crippen LogP contribution in [-0.4, -0.2) is 28.3 Å². The SMILES string of the molecule is N#Cc1c(N)nc(SCc2coc(-c3ccc(Cl)cc3)n2)c(C#N)c1-c1ccc(OCCO)c(F)c1. The molecule has 2 aromatic heterocycles. The van der Waals surface area contributed by atoms with Crippen LogP contribution in [0.4, 0.5) is 10.2 Å². The summed E-state index contributed by atoms with van der Waals surface area (Å²) in [6, 6.07) is 15.1. The highest BCUT2D eigenvalue weighted by Crippen LogP contribution is 2.38. The van der Waals surface area contributed by atoms with Gasteiger partial charge < -0.3 is 20.0 Å². The Balaban J connectivity index is 1.66. The molecule has 0 saturated heterocycles. The van der Waals surface area contributed by atoms with E-state index in [2.05, 4.69) is 16.0 Å². The number of aliphatic hydroxyl groups excluding tert-OH is 1. The number of nitriles is 2. The van der Waals surface area contributed by atoms with Gasteiger partial charge in [-0.25, -0.2) is 14.4 Å². The second kappa shape index (κ2) is 11.1. The highest BCUT2D eigenvalue weighted by molar-refractivity contribution is 7.98. The molecule has 0 aliphatic rings. The Morgan fingerprint density at radius 3 is 2.47 bits per heavy atom. The third kappa shape index (κ3) is 5.26. The summed E-state index contributed by atoms with van der Waals surface area (Å²) < 4.78 is 25.3. The number of aliphatic hydroxyl groups is 1. The van der Waals surface area contributed by atoms with Gasteiger partial charge in [-0.15, -0.1) is 0 Å². The lowest BCUT2D eigenvalue weighted by Crippen LogP contribution is -2.05. The third-order valence-electron chi connectivity index (χ3n) is 4.98. The summed E-state index contributed by atoms with van der Waals surface area (Å²) >= 11 is 7.11. The average molecular weight is 522 g/mol. The zero-order valence-electron chi connectivity index (χ0n) is 18.5. The van der Waals surface area contributed by atoms with Crippen LogP contribution in [0.25, 0.3) is 22.6 Å². The molecule has 4 rings (SSSR count). The number of rotatable bonds is 8. The van der Waals surface area contributed by atoms with E-state index in [0.29, 0.717) is 22.4 Å². The number of hydrogen-bond acceptors (Lipinski definition) is 9. The van der Waals surface area contributed by atoms with E-state index in [0.717, 1.165) is 11.6 Å². The predicted molar refractivity (Wildman–Crippen MR) is 133 cm³/mol. The monoisotopic (exact) mass is 521 g/mol. The molecule has 36 heavy (non-hydrogen) atoms. The minimum absolute atomic E-state index is 0.0363. The number of thioether (sulfide) groups is 1. The van der Waals surface area contributed by atoms with Gasteiger partial charge in [0.25, 0.3) is 0 Å². The Kier molecular flexibility index (Phi) is 7.71. The van der Waals surface area contributed by atoms with Crippen LogP contribution >= 0.6 is 23.4 Å². The molecule has 0 atom stereocenters. The average Bonchev–Trinajstić information content (AvgIpc) is 3.35. The Labute approximate surface area is 214 Å². The number of nitrogens with two attached hydrogens (primary N) is 1. The summed E-state index contributed by atoms with van der Waals surface area (Å²) in [6.45, 7) is -0.347. The fourth-order valence-electron chi connectivity index (χ4n) is 3.36. The van der Waals surface area contributed by atoms with E-state index in [1.54, 1.807) is 24.3 Å². The van der Waals surface area contributed by atoms with Crippen molar-refractivity contribution in [2.45, 2.75) is 10.8 Å². The first-order valence-electron chi connectivity index (χ1n) is 10.5. The largest absolute Gasteiger partial charge is 0.488 e. The molecular formula is C25H17ClFN5O3S. The molecule has 3 N–H and O–H groups in total. The van der Waals surface area contributed by atoms with E-state index in [1.807, 2.05) is 6.07 Å². The molecule has 0 spiro atoms. The van der Waals surface area contributed by atoms with Crippen molar-refractivity contribution in [3.05, 3.63) is 76.4 Å². The lowest BCUT2D eigenvalue weighted by molar-refractivity contribution is 0.196. The number of oxazole rings is 1. The molecule has 4 aromatic rings. The Bertz CT molecular complexity index is 1500. The molecule has 0 aliphatic heterocycles. The highest BCUT2D eigenvalue weighted by Gasteiger charge is 2.22. The molecule has 0 radical (unpaired) electrons. The maximum absolute atomic E-state index is 14.6. The van der Waals surface area contributed by atoms with Crippen LogP contribution in [0.15, 0.2) is 58.2 Å². The maximum atomic E-state index is 14.6. The van der Waals surface area contributed by atoms with Crippen molar-refractivity contribution in [2.75, 3.05) is 18.9 Å². The van der Waals surface area contributed by atoms with Gasteiger partial charge in [0, 0.05) is 21.9 Å². The third-order valence-corrected chi connectivity index (χ3v) is 6.25. The highest BCUT2D eigenvalue weighted by atomic mass is 35.5. The Morgan fingerprint density at radius 1 is 1.08 bits per heavy atom. The number of halogens is 2. The van der Waals surface area contributed by atoms with Gasteiger partial charge in [0.1, 0.15) is 41.4 Å². The molecule has 0 amide bonds. The number of anilines is 1. The zero-order chi connectivity index (χ0) is 25.7. The van der Waals surface area contributed by atoms with E-state index in [4.69, 9.17) is 31.6 Å². The first kappa shape index (κ1) is 25.0. The van der Waals surface area contributed by atoms with Crippen LogP contribution in [0.5, 0.6) is 5.75 Å². The standard InChI is InChI=1S/C25H17ClFN5O3S/c26-16-4-1-14(2-5-16)24-31-17(12-35-24)13-36-25-19(11-29)22(18(10-28)23(30)32-25)15-3-6-21(20(27)9-15)34-8-7-33/h1-6,9,12,33H,7-8,13H2,(H2,30,32). The van der Waals surface area contributed by atoms with Gasteiger partial charge >= 0.3 is 0 Å². The van der Waals surface area contributed by atoms with E-state index in [1.165, 1.54) is 30.2 Å². The number of nitrogen functional groups attached to an aromatic ring is 1. The fourth-order valence-corrected chi connectivity index (χ4v) is 4.36. The van der Waals surface area contributed by atoms with Gasteiger partial charge in [0.05, 0.1) is 17.9 Å². The summed E-state index contributed by atoms with van der Waals surface area (Å²) in [5.41, 5.74) is 7.87. The fraction of sp³-hybridized carbons (Fsp3) is 0.120. The lowest BCUT2D eigenvalue weighted by Gasteiger charge is -2.14. The van der Waals surface area contributed by atoms with Gasteiger partial charge in [-0.3, -0.25) is 0 Å². The zero-order valence-corrected chi connectivity index (χ0v) is 20.1. The summed E-state index contributed by atoms with van der Waals surface area (Å²) in [5.74, 6) is -0.155. The molecule has 0 bridgehead atoms. The van der Waals surface area contributed by atoms with Gasteiger partial charge in [-0.05, 0) is 42.0 Å². The number of benzene rings is 2. The molecule has 0 fully saturated rings. The van der Waals surface area contributed by atoms with E-state index < -0.39 is 5.82 Å². The van der Waals surface area contributed by atoms with E-state index in [-0.39, 0.29) is 52.1 Å². The second-order valence-electron chi connectivity index (χ2n) is 7.31. The van der Waals surface area contributed by atoms with E-state index >= 15 is 0 Å². The molecule has 0 unspecified atom stereocenters. The van der Waals surface area contributed by atoms with Crippen molar-refractivity contribution in [1.82, 2.24) is 9.97 Å². The van der Waals surface area contributed by atoms with Gasteiger partial charge in [-0.1, -0.05) is 29.4 Å². The minimum atomic E-state index is -0.712. The van der Waals surface area contributed by atoms with Gasteiger partial charge in [0.2, 0.25) is 5.89 Å².